The fourth-order valence-electron chi connectivity index (χ4n) is 2.86. The van der Waals surface area contributed by atoms with Crippen LogP contribution in [0.1, 0.15) is 38.7 Å². The number of fused-ring (bicyclic) bond motifs is 1. The molecular formula is C18H15NO5. The summed E-state index contributed by atoms with van der Waals surface area (Å²) in [5.41, 5.74) is 1.12. The molecule has 0 aliphatic carbocycles. The molecule has 2 aromatic carbocycles. The first-order chi connectivity index (χ1) is 11.5. The quantitative estimate of drug-likeness (QED) is 0.854. The number of amides is 2. The molecule has 0 fully saturated rings. The molecule has 3 rings (SSSR count). The zero-order valence-electron chi connectivity index (χ0n) is 12.9. The first-order valence-corrected chi connectivity index (χ1v) is 7.35. The van der Waals surface area contributed by atoms with Crippen molar-refractivity contribution in [2.75, 3.05) is 7.11 Å². The predicted molar refractivity (Wildman–Crippen MR) is 84.9 cm³/mol. The number of nitrogens with zero attached hydrogens (tertiary/aromatic N) is 1. The van der Waals surface area contributed by atoms with Gasteiger partial charge in [-0.1, -0.05) is 24.3 Å². The molecule has 1 atom stereocenters. The molecule has 0 unspecified atom stereocenters. The zero-order valence-corrected chi connectivity index (χ0v) is 12.9. The second kappa shape index (κ2) is 6.16. The lowest BCUT2D eigenvalue weighted by Gasteiger charge is -2.25. The van der Waals surface area contributed by atoms with Crippen molar-refractivity contribution < 1.29 is 24.2 Å². The van der Waals surface area contributed by atoms with E-state index in [1.54, 1.807) is 48.5 Å². The van der Waals surface area contributed by atoms with Gasteiger partial charge in [0, 0.05) is 0 Å². The summed E-state index contributed by atoms with van der Waals surface area (Å²) in [7, 11) is 1.49. The number of carbonyl (C=O) groups is 3. The van der Waals surface area contributed by atoms with Crippen LogP contribution in [0.4, 0.5) is 0 Å². The fraction of sp³-hybridized carbons (Fsp3) is 0.167. The number of hydrogen-bond donors (Lipinski definition) is 1. The third-order valence-corrected chi connectivity index (χ3v) is 3.98. The van der Waals surface area contributed by atoms with Gasteiger partial charge in [-0.25, -0.2) is 0 Å². The Morgan fingerprint density at radius 3 is 2.25 bits per heavy atom. The monoisotopic (exact) mass is 325 g/mol. The van der Waals surface area contributed by atoms with Crippen LogP contribution in [-0.4, -0.2) is 34.9 Å². The minimum Gasteiger partial charge on any atom is -0.497 e. The van der Waals surface area contributed by atoms with Crippen molar-refractivity contribution in [3.8, 4) is 5.75 Å². The Kier molecular flexibility index (Phi) is 4.04. The zero-order chi connectivity index (χ0) is 17.3. The van der Waals surface area contributed by atoms with Crippen LogP contribution in [0.2, 0.25) is 0 Å². The largest absolute Gasteiger partial charge is 0.497 e. The van der Waals surface area contributed by atoms with Crippen LogP contribution in [0.5, 0.6) is 5.75 Å². The number of rotatable bonds is 5. The molecule has 1 N–H and O–H groups in total. The number of ether oxygens (including phenoxy) is 1. The molecule has 0 bridgehead atoms. The van der Waals surface area contributed by atoms with Gasteiger partial charge >= 0.3 is 5.97 Å². The van der Waals surface area contributed by atoms with Gasteiger partial charge in [-0.2, -0.15) is 0 Å². The molecule has 1 aliphatic rings. The Morgan fingerprint density at radius 1 is 1.08 bits per heavy atom. The SMILES string of the molecule is COc1cccc([C@H](CC(=O)O)N2C(=O)c3ccccc3C2=O)c1. The van der Waals surface area contributed by atoms with E-state index in [0.29, 0.717) is 22.4 Å². The smallest absolute Gasteiger partial charge is 0.305 e. The number of methoxy groups -OCH3 is 1. The molecular weight excluding hydrogens is 310 g/mol. The summed E-state index contributed by atoms with van der Waals surface area (Å²) in [5.74, 6) is -1.53. The van der Waals surface area contributed by atoms with Crippen LogP contribution in [0.15, 0.2) is 48.5 Å². The van der Waals surface area contributed by atoms with Crippen LogP contribution < -0.4 is 4.74 Å². The molecule has 1 heterocycles. The van der Waals surface area contributed by atoms with E-state index in [4.69, 9.17) is 4.74 Å². The summed E-state index contributed by atoms with van der Waals surface area (Å²) >= 11 is 0. The second-order valence-electron chi connectivity index (χ2n) is 5.42. The summed E-state index contributed by atoms with van der Waals surface area (Å²) in [6, 6.07) is 12.3. The Hall–Kier alpha value is -3.15. The van der Waals surface area contributed by atoms with Gasteiger partial charge in [0.2, 0.25) is 0 Å². The number of carbonyl (C=O) groups excluding carboxylic acids is 2. The molecule has 0 saturated heterocycles. The van der Waals surface area contributed by atoms with Crippen molar-refractivity contribution in [3.05, 3.63) is 65.2 Å². The first kappa shape index (κ1) is 15.7. The number of hydrogen-bond acceptors (Lipinski definition) is 4. The lowest BCUT2D eigenvalue weighted by atomic mass is 10.0. The highest BCUT2D eigenvalue weighted by Gasteiger charge is 2.41. The van der Waals surface area contributed by atoms with Crippen molar-refractivity contribution in [2.24, 2.45) is 0 Å². The third-order valence-electron chi connectivity index (χ3n) is 3.98. The maximum atomic E-state index is 12.6. The molecule has 0 aromatic heterocycles. The number of benzene rings is 2. The molecule has 0 saturated carbocycles. The Bertz CT molecular complexity index is 795. The van der Waals surface area contributed by atoms with Crippen LogP contribution in [0, 0.1) is 0 Å². The average Bonchev–Trinajstić information content (AvgIpc) is 2.84. The van der Waals surface area contributed by atoms with E-state index >= 15 is 0 Å². The average molecular weight is 325 g/mol. The van der Waals surface area contributed by atoms with Gasteiger partial charge in [0.05, 0.1) is 30.7 Å². The first-order valence-electron chi connectivity index (χ1n) is 7.35. The number of carboxylic acid groups (broad SMARTS) is 1. The highest BCUT2D eigenvalue weighted by Crippen LogP contribution is 2.34. The van der Waals surface area contributed by atoms with E-state index in [9.17, 15) is 19.5 Å². The Balaban J connectivity index is 2.06. The van der Waals surface area contributed by atoms with E-state index in [-0.39, 0.29) is 6.42 Å². The van der Waals surface area contributed by atoms with Crippen LogP contribution >= 0.6 is 0 Å². The minimum absolute atomic E-state index is 0.292. The summed E-state index contributed by atoms with van der Waals surface area (Å²) in [5, 5.41) is 9.24. The van der Waals surface area contributed by atoms with Crippen LogP contribution in [-0.2, 0) is 4.79 Å². The van der Waals surface area contributed by atoms with E-state index in [2.05, 4.69) is 0 Å². The summed E-state index contributed by atoms with van der Waals surface area (Å²) < 4.78 is 5.15. The molecule has 2 amide bonds. The highest BCUT2D eigenvalue weighted by molar-refractivity contribution is 6.21. The molecule has 1 aliphatic heterocycles. The normalized spacial score (nSPS) is 14.5. The van der Waals surface area contributed by atoms with E-state index in [0.717, 1.165) is 4.90 Å². The number of aliphatic carboxylic acids is 1. The lowest BCUT2D eigenvalue weighted by Crippen LogP contribution is -2.35. The highest BCUT2D eigenvalue weighted by atomic mass is 16.5. The number of imide groups is 1. The molecule has 0 radical (unpaired) electrons. The predicted octanol–water partition coefficient (Wildman–Crippen LogP) is 2.51. The van der Waals surface area contributed by atoms with Crippen molar-refractivity contribution in [1.29, 1.82) is 0 Å². The van der Waals surface area contributed by atoms with Gasteiger partial charge in [-0.3, -0.25) is 19.3 Å². The van der Waals surface area contributed by atoms with Crippen molar-refractivity contribution in [3.63, 3.8) is 0 Å². The molecule has 2 aromatic rings. The van der Waals surface area contributed by atoms with E-state index in [1.165, 1.54) is 7.11 Å². The van der Waals surface area contributed by atoms with E-state index in [1.807, 2.05) is 0 Å². The molecule has 24 heavy (non-hydrogen) atoms. The summed E-state index contributed by atoms with van der Waals surface area (Å²) in [6.07, 6.45) is -0.376. The van der Waals surface area contributed by atoms with E-state index < -0.39 is 23.8 Å². The molecule has 0 spiro atoms. The van der Waals surface area contributed by atoms with Crippen molar-refractivity contribution >= 4 is 17.8 Å². The molecule has 6 nitrogen and oxygen atoms in total. The Labute approximate surface area is 138 Å². The second-order valence-corrected chi connectivity index (χ2v) is 5.42. The Morgan fingerprint density at radius 2 is 1.71 bits per heavy atom. The van der Waals surface area contributed by atoms with Crippen molar-refractivity contribution in [1.82, 2.24) is 4.90 Å². The van der Waals surface area contributed by atoms with Gasteiger partial charge in [0.1, 0.15) is 5.75 Å². The van der Waals surface area contributed by atoms with Crippen LogP contribution in [0.3, 0.4) is 0 Å². The molecule has 122 valence electrons. The molecule has 6 heteroatoms. The summed E-state index contributed by atoms with van der Waals surface area (Å²) in [6.45, 7) is 0. The van der Waals surface area contributed by atoms with Gasteiger partial charge < -0.3 is 9.84 Å². The van der Waals surface area contributed by atoms with Crippen LogP contribution in [0.25, 0.3) is 0 Å². The third kappa shape index (κ3) is 2.62. The fourth-order valence-corrected chi connectivity index (χ4v) is 2.86. The maximum absolute atomic E-state index is 12.6. The van der Waals surface area contributed by atoms with Gasteiger partial charge in [-0.15, -0.1) is 0 Å². The maximum Gasteiger partial charge on any atom is 0.305 e. The van der Waals surface area contributed by atoms with Gasteiger partial charge in [0.25, 0.3) is 11.8 Å². The van der Waals surface area contributed by atoms with Crippen molar-refractivity contribution in [2.45, 2.75) is 12.5 Å². The minimum atomic E-state index is -1.10. The van der Waals surface area contributed by atoms with Gasteiger partial charge in [0.15, 0.2) is 0 Å². The topological polar surface area (TPSA) is 83.9 Å². The lowest BCUT2D eigenvalue weighted by molar-refractivity contribution is -0.138. The summed E-state index contributed by atoms with van der Waals surface area (Å²) in [4.78, 5) is 37.6. The van der Waals surface area contributed by atoms with Gasteiger partial charge in [-0.05, 0) is 29.8 Å². The standard InChI is InChI=1S/C18H15NO5/c1-24-12-6-4-5-11(9-12)15(10-16(20)21)19-17(22)13-7-2-3-8-14(13)18(19)23/h2-9,15H,10H2,1H3,(H,20,21)/t15-/m0/s1. The number of carboxylic acids is 1.